The molecule has 0 aliphatic carbocycles. The van der Waals surface area contributed by atoms with Crippen LogP contribution in [0.4, 0.5) is 4.79 Å². The van der Waals surface area contributed by atoms with Crippen molar-refractivity contribution in [2.45, 2.75) is 78.0 Å². The van der Waals surface area contributed by atoms with Gasteiger partial charge in [0, 0.05) is 6.42 Å². The number of cyclic esters (lactones) is 1. The van der Waals surface area contributed by atoms with Crippen molar-refractivity contribution in [3.05, 3.63) is 0 Å². The lowest BCUT2D eigenvalue weighted by atomic mass is 9.77. The molecule has 22 heavy (non-hydrogen) atoms. The van der Waals surface area contributed by atoms with E-state index in [1.165, 1.54) is 0 Å². The molecule has 1 unspecified atom stereocenters. The van der Waals surface area contributed by atoms with Crippen LogP contribution in [0.2, 0.25) is 0 Å². The van der Waals surface area contributed by atoms with E-state index < -0.39 is 29.3 Å². The fourth-order valence-corrected chi connectivity index (χ4v) is 2.33. The van der Waals surface area contributed by atoms with E-state index in [9.17, 15) is 14.7 Å². The lowest BCUT2D eigenvalue weighted by molar-refractivity contribution is -0.156. The number of alkyl carbamates (subject to hydrolysis) is 1. The summed E-state index contributed by atoms with van der Waals surface area (Å²) in [6, 6.07) is -0.743. The van der Waals surface area contributed by atoms with E-state index in [1.807, 2.05) is 20.8 Å². The van der Waals surface area contributed by atoms with Gasteiger partial charge in [-0.05, 0) is 32.6 Å². The van der Waals surface area contributed by atoms with Crippen molar-refractivity contribution in [3.8, 4) is 0 Å². The van der Waals surface area contributed by atoms with Crippen molar-refractivity contribution >= 4 is 12.1 Å². The van der Waals surface area contributed by atoms with Crippen molar-refractivity contribution in [1.29, 1.82) is 0 Å². The Bertz CT molecular complexity index is 427. The average Bonchev–Trinajstić information content (AvgIpc) is 2.67. The molecule has 0 spiro atoms. The quantitative estimate of drug-likeness (QED) is 0.761. The molecule has 0 aromatic heterocycles. The summed E-state index contributed by atoms with van der Waals surface area (Å²) in [5, 5.41) is 13.3. The first-order chi connectivity index (χ1) is 9.89. The van der Waals surface area contributed by atoms with Gasteiger partial charge in [0.2, 0.25) is 0 Å². The van der Waals surface area contributed by atoms with Crippen LogP contribution in [0.5, 0.6) is 0 Å². The molecule has 0 aromatic rings. The number of esters is 1. The summed E-state index contributed by atoms with van der Waals surface area (Å²) in [7, 11) is 0. The van der Waals surface area contributed by atoms with Crippen LogP contribution < -0.4 is 5.32 Å². The molecule has 2 atom stereocenters. The number of hydrogen-bond donors (Lipinski definition) is 2. The normalized spacial score (nSPS) is 23.9. The molecular formula is C16H29NO5. The first-order valence-corrected chi connectivity index (χ1v) is 7.79. The Labute approximate surface area is 132 Å². The molecule has 1 saturated heterocycles. The molecule has 1 fully saturated rings. The molecule has 0 radical (unpaired) electrons. The second-order valence-electron chi connectivity index (χ2n) is 7.73. The molecule has 128 valence electrons. The van der Waals surface area contributed by atoms with E-state index in [4.69, 9.17) is 9.47 Å². The summed E-state index contributed by atoms with van der Waals surface area (Å²) < 4.78 is 10.1. The largest absolute Gasteiger partial charge is 0.463 e. The molecule has 6 heteroatoms. The molecular weight excluding hydrogens is 286 g/mol. The summed E-state index contributed by atoms with van der Waals surface area (Å²) in [5.74, 6) is -0.680. The molecule has 6 nitrogen and oxygen atoms in total. The van der Waals surface area contributed by atoms with Crippen LogP contribution in [0, 0.1) is 5.41 Å². The van der Waals surface area contributed by atoms with Crippen LogP contribution in [0.15, 0.2) is 0 Å². The number of rotatable bonds is 5. The minimum absolute atomic E-state index is 0.141. The maximum absolute atomic E-state index is 12.1. The highest BCUT2D eigenvalue weighted by molar-refractivity contribution is 5.83. The van der Waals surface area contributed by atoms with Gasteiger partial charge in [0.05, 0.1) is 12.6 Å². The number of ether oxygens (including phenoxy) is 2. The zero-order valence-electron chi connectivity index (χ0n) is 14.5. The van der Waals surface area contributed by atoms with Crippen molar-refractivity contribution < 1.29 is 24.2 Å². The van der Waals surface area contributed by atoms with Crippen LogP contribution in [0.1, 0.15) is 60.8 Å². The maximum Gasteiger partial charge on any atom is 0.407 e. The zero-order valence-corrected chi connectivity index (χ0v) is 14.5. The van der Waals surface area contributed by atoms with Gasteiger partial charge in [0.25, 0.3) is 0 Å². The van der Waals surface area contributed by atoms with Gasteiger partial charge in [0.1, 0.15) is 5.60 Å². The van der Waals surface area contributed by atoms with E-state index >= 15 is 0 Å². The smallest absolute Gasteiger partial charge is 0.407 e. The van der Waals surface area contributed by atoms with E-state index in [-0.39, 0.29) is 18.4 Å². The predicted octanol–water partition coefficient (Wildman–Crippen LogP) is 2.38. The first-order valence-electron chi connectivity index (χ1n) is 7.79. The van der Waals surface area contributed by atoms with Gasteiger partial charge >= 0.3 is 12.1 Å². The summed E-state index contributed by atoms with van der Waals surface area (Å²) in [4.78, 5) is 24.0. The maximum atomic E-state index is 12.1. The third-order valence-electron chi connectivity index (χ3n) is 4.05. The Balaban J connectivity index is 2.92. The van der Waals surface area contributed by atoms with Crippen LogP contribution in [-0.2, 0) is 14.3 Å². The highest BCUT2D eigenvalue weighted by atomic mass is 16.6. The number of carbonyl (C=O) groups is 2. The monoisotopic (exact) mass is 315 g/mol. The second-order valence-corrected chi connectivity index (χ2v) is 7.73. The third kappa shape index (κ3) is 4.87. The van der Waals surface area contributed by atoms with Gasteiger partial charge in [-0.3, -0.25) is 0 Å². The van der Waals surface area contributed by atoms with Crippen molar-refractivity contribution in [2.24, 2.45) is 5.41 Å². The van der Waals surface area contributed by atoms with Crippen LogP contribution in [0.25, 0.3) is 0 Å². The zero-order chi connectivity index (χ0) is 17.2. The van der Waals surface area contributed by atoms with Gasteiger partial charge in [-0.15, -0.1) is 0 Å². The Morgan fingerprint density at radius 1 is 1.41 bits per heavy atom. The fraction of sp³-hybridized carbons (Fsp3) is 0.875. The fourth-order valence-electron chi connectivity index (χ4n) is 2.33. The number of aliphatic hydroxyl groups is 1. The van der Waals surface area contributed by atoms with Crippen LogP contribution >= 0.6 is 0 Å². The molecule has 1 aliphatic heterocycles. The van der Waals surface area contributed by atoms with Crippen LogP contribution in [0.3, 0.4) is 0 Å². The number of nitrogens with one attached hydrogen (secondary N) is 1. The summed E-state index contributed by atoms with van der Waals surface area (Å²) in [6.45, 7) is 11.5. The first kappa shape index (κ1) is 18.7. The summed E-state index contributed by atoms with van der Waals surface area (Å²) >= 11 is 0. The Hall–Kier alpha value is -1.30. The minimum atomic E-state index is -1.69. The summed E-state index contributed by atoms with van der Waals surface area (Å²) in [6.07, 6.45) is 0.836. The van der Waals surface area contributed by atoms with Gasteiger partial charge in [-0.2, -0.15) is 0 Å². The van der Waals surface area contributed by atoms with E-state index in [2.05, 4.69) is 5.32 Å². The van der Waals surface area contributed by atoms with Gasteiger partial charge in [-0.25, -0.2) is 9.59 Å². The molecule has 1 amide bonds. The molecule has 1 heterocycles. The van der Waals surface area contributed by atoms with Gasteiger partial charge in [-0.1, -0.05) is 27.2 Å². The molecule has 2 N–H and O–H groups in total. The standard InChI is InChI=1S/C16H29NO5/c1-7-15(5,6)10-11(16(20)8-9-21-12(16)18)17-13(19)22-14(2,3)4/h11,20H,7-10H2,1-6H3,(H,17,19)/t11-,16?/m0/s1. The topological polar surface area (TPSA) is 84.9 Å². The predicted molar refractivity (Wildman–Crippen MR) is 82.4 cm³/mol. The van der Waals surface area contributed by atoms with E-state index in [1.54, 1.807) is 20.8 Å². The SMILES string of the molecule is CCC(C)(C)C[C@H](NC(=O)OC(C)(C)C)C1(O)CCOC1=O. The van der Waals surface area contributed by atoms with Crippen LogP contribution in [-0.4, -0.2) is 41.0 Å². The average molecular weight is 315 g/mol. The lowest BCUT2D eigenvalue weighted by Gasteiger charge is -2.36. The van der Waals surface area contributed by atoms with Gasteiger partial charge < -0.3 is 19.9 Å². The number of carbonyl (C=O) groups excluding carboxylic acids is 2. The molecule has 1 rings (SSSR count). The highest BCUT2D eigenvalue weighted by Gasteiger charge is 2.51. The highest BCUT2D eigenvalue weighted by Crippen LogP contribution is 2.34. The number of amides is 1. The molecule has 0 saturated carbocycles. The second kappa shape index (κ2) is 6.44. The van der Waals surface area contributed by atoms with Crippen molar-refractivity contribution in [2.75, 3.05) is 6.61 Å². The summed E-state index contributed by atoms with van der Waals surface area (Å²) in [5.41, 5.74) is -2.48. The van der Waals surface area contributed by atoms with Crippen molar-refractivity contribution in [3.63, 3.8) is 0 Å². The molecule has 0 aromatic carbocycles. The number of hydrogen-bond acceptors (Lipinski definition) is 5. The lowest BCUT2D eigenvalue weighted by Crippen LogP contribution is -2.57. The van der Waals surface area contributed by atoms with E-state index in [0.29, 0.717) is 6.42 Å². The minimum Gasteiger partial charge on any atom is -0.463 e. The van der Waals surface area contributed by atoms with Crippen molar-refractivity contribution in [1.82, 2.24) is 5.32 Å². The Morgan fingerprint density at radius 3 is 2.41 bits per heavy atom. The Kier molecular flexibility index (Phi) is 5.49. The van der Waals surface area contributed by atoms with E-state index in [0.717, 1.165) is 6.42 Å². The molecule has 1 aliphatic rings. The van der Waals surface area contributed by atoms with Gasteiger partial charge in [0.15, 0.2) is 5.60 Å². The molecule has 0 bridgehead atoms. The Morgan fingerprint density at radius 2 is 2.00 bits per heavy atom. The third-order valence-corrected chi connectivity index (χ3v) is 4.05.